The topological polar surface area (TPSA) is 77.6 Å². The lowest BCUT2D eigenvalue weighted by Gasteiger charge is -2.39. The summed E-state index contributed by atoms with van der Waals surface area (Å²) in [7, 11) is 1.62. The van der Waals surface area contributed by atoms with E-state index >= 15 is 0 Å². The van der Waals surface area contributed by atoms with E-state index < -0.39 is 11.7 Å². The number of rotatable bonds is 7. The first-order chi connectivity index (χ1) is 21.2. The first-order valence-electron chi connectivity index (χ1n) is 15.1. The van der Waals surface area contributed by atoms with Crippen molar-refractivity contribution in [2.75, 3.05) is 39.8 Å². The molecule has 1 N–H and O–H groups in total. The molecule has 0 aliphatic carbocycles. The van der Waals surface area contributed by atoms with Gasteiger partial charge in [0.2, 0.25) is 5.88 Å². The highest BCUT2D eigenvalue weighted by Crippen LogP contribution is 2.31. The normalized spacial score (nSPS) is 19.0. The Labute approximate surface area is 254 Å². The van der Waals surface area contributed by atoms with E-state index in [0.717, 1.165) is 61.2 Å². The van der Waals surface area contributed by atoms with Crippen molar-refractivity contribution in [1.29, 1.82) is 0 Å². The number of alkyl halides is 3. The van der Waals surface area contributed by atoms with Gasteiger partial charge in [-0.15, -0.1) is 0 Å². The summed E-state index contributed by atoms with van der Waals surface area (Å²) in [5.41, 5.74) is 4.25. The number of carbonyl (C=O) groups excluding carboxylic acids is 1. The Morgan fingerprint density at radius 1 is 0.955 bits per heavy atom. The fourth-order valence-corrected chi connectivity index (χ4v) is 6.36. The van der Waals surface area contributed by atoms with Gasteiger partial charge in [0, 0.05) is 51.0 Å². The summed E-state index contributed by atoms with van der Waals surface area (Å²) >= 11 is 0. The lowest BCUT2D eigenvalue weighted by molar-refractivity contribution is -0.137. The predicted molar refractivity (Wildman–Crippen MR) is 161 cm³/mol. The van der Waals surface area contributed by atoms with E-state index in [-0.39, 0.29) is 11.9 Å². The number of aromatic nitrogens is 3. The summed E-state index contributed by atoms with van der Waals surface area (Å²) in [6.45, 7) is 7.20. The molecule has 2 fully saturated rings. The Kier molecular flexibility index (Phi) is 8.59. The van der Waals surface area contributed by atoms with Crippen LogP contribution in [-0.2, 0) is 19.3 Å². The molecule has 0 radical (unpaired) electrons. The number of hydrogen-bond donors (Lipinski definition) is 1. The van der Waals surface area contributed by atoms with E-state index in [1.165, 1.54) is 23.3 Å². The summed E-state index contributed by atoms with van der Waals surface area (Å²) in [6.07, 6.45) is -0.349. The van der Waals surface area contributed by atoms with Crippen molar-refractivity contribution in [3.05, 3.63) is 88.9 Å². The minimum absolute atomic E-state index is 0.0617. The maximum absolute atomic E-state index is 13.5. The third-order valence-electron chi connectivity index (χ3n) is 8.84. The monoisotopic (exact) mass is 606 g/mol. The van der Waals surface area contributed by atoms with E-state index in [4.69, 9.17) is 4.74 Å². The highest BCUT2D eigenvalue weighted by molar-refractivity contribution is 5.94. The van der Waals surface area contributed by atoms with Crippen LogP contribution in [0.4, 0.5) is 13.2 Å². The van der Waals surface area contributed by atoms with Gasteiger partial charge in [0.25, 0.3) is 5.91 Å². The molecule has 2 aliphatic rings. The van der Waals surface area contributed by atoms with E-state index in [0.29, 0.717) is 43.8 Å². The molecule has 1 atom stereocenters. The Hall–Kier alpha value is -3.96. The zero-order valence-electron chi connectivity index (χ0n) is 25.0. The largest absolute Gasteiger partial charge is 0.481 e. The number of piperidine rings is 1. The maximum Gasteiger partial charge on any atom is 0.416 e. The summed E-state index contributed by atoms with van der Waals surface area (Å²) in [6, 6.07) is 15.5. The van der Waals surface area contributed by atoms with E-state index in [1.54, 1.807) is 7.11 Å². The number of methoxy groups -OCH3 is 1. The van der Waals surface area contributed by atoms with Crippen molar-refractivity contribution in [2.45, 2.75) is 51.0 Å². The molecule has 0 saturated carbocycles. The molecule has 2 aromatic carbocycles. The number of nitrogens with zero attached hydrogens (tertiary/aromatic N) is 5. The van der Waals surface area contributed by atoms with Crippen molar-refractivity contribution in [3.63, 3.8) is 0 Å². The van der Waals surface area contributed by atoms with Crippen LogP contribution in [0, 0.1) is 0 Å². The minimum atomic E-state index is -4.34. The van der Waals surface area contributed by atoms with Crippen LogP contribution in [0.25, 0.3) is 11.0 Å². The quantitative estimate of drug-likeness (QED) is 0.291. The lowest BCUT2D eigenvalue weighted by atomic mass is 9.89. The van der Waals surface area contributed by atoms with Crippen LogP contribution in [0.2, 0.25) is 0 Å². The van der Waals surface area contributed by atoms with Crippen LogP contribution in [0.3, 0.4) is 0 Å². The van der Waals surface area contributed by atoms with E-state index in [1.807, 2.05) is 30.2 Å². The van der Waals surface area contributed by atoms with Gasteiger partial charge in [0.15, 0.2) is 5.82 Å². The lowest BCUT2D eigenvalue weighted by Crippen LogP contribution is -2.53. The maximum atomic E-state index is 13.5. The van der Waals surface area contributed by atoms with Crippen molar-refractivity contribution >= 4 is 16.9 Å². The van der Waals surface area contributed by atoms with Gasteiger partial charge in [-0.05, 0) is 79.7 Å². The number of amides is 1. The standard InChI is InChI=1S/C33H37F3N6O2/c1-22-19-41(20-23-3-7-27(8-4-23)33(34,35)36)15-16-42(22)32(43)31-38-28-9-6-26(17-29(28)39-31)25-11-13-40(14-12-25)21-24-5-10-30(44-2)37-18-24/h3-10,17-18,22,25H,11-16,19-21H2,1-2H3,(H,38,39)/t22-/m0/s1. The number of aromatic amines is 1. The molecular formula is C33H37F3N6O2. The van der Waals surface area contributed by atoms with Crippen LogP contribution < -0.4 is 4.74 Å². The minimum Gasteiger partial charge on any atom is -0.481 e. The second-order valence-corrected chi connectivity index (χ2v) is 11.9. The van der Waals surface area contributed by atoms with Gasteiger partial charge in [0.05, 0.1) is 23.7 Å². The Morgan fingerprint density at radius 2 is 1.68 bits per heavy atom. The first-order valence-corrected chi connectivity index (χ1v) is 15.1. The average Bonchev–Trinajstić information content (AvgIpc) is 3.45. The predicted octanol–water partition coefficient (Wildman–Crippen LogP) is 5.71. The highest BCUT2D eigenvalue weighted by atomic mass is 19.4. The summed E-state index contributed by atoms with van der Waals surface area (Å²) < 4.78 is 43.8. The van der Waals surface area contributed by atoms with Crippen molar-refractivity contribution in [3.8, 4) is 5.88 Å². The SMILES string of the molecule is COc1ccc(CN2CCC(c3ccc4nc(C(=O)N5CCN(Cc6ccc(C(F)(F)F)cc6)C[C@@H]5C)[nH]c4c3)CC2)cn1. The number of nitrogens with one attached hydrogen (secondary N) is 1. The summed E-state index contributed by atoms with van der Waals surface area (Å²) in [5, 5.41) is 0. The van der Waals surface area contributed by atoms with Crippen LogP contribution >= 0.6 is 0 Å². The summed E-state index contributed by atoms with van der Waals surface area (Å²) in [5.74, 6) is 1.28. The molecule has 6 rings (SSSR count). The molecule has 2 aromatic heterocycles. The van der Waals surface area contributed by atoms with Gasteiger partial charge in [0.1, 0.15) is 0 Å². The number of hydrogen-bond acceptors (Lipinski definition) is 6. The number of benzene rings is 2. The van der Waals surface area contributed by atoms with Crippen molar-refractivity contribution in [1.82, 2.24) is 29.7 Å². The van der Waals surface area contributed by atoms with E-state index in [2.05, 4.69) is 43.0 Å². The number of piperazine rings is 1. The van der Waals surface area contributed by atoms with E-state index in [9.17, 15) is 18.0 Å². The van der Waals surface area contributed by atoms with Crippen LogP contribution in [0.15, 0.2) is 60.8 Å². The molecule has 0 unspecified atom stereocenters. The Balaban J connectivity index is 1.03. The number of halogens is 3. The smallest absolute Gasteiger partial charge is 0.416 e. The molecule has 0 bridgehead atoms. The molecule has 0 spiro atoms. The van der Waals surface area contributed by atoms with Gasteiger partial charge >= 0.3 is 6.18 Å². The van der Waals surface area contributed by atoms with Crippen LogP contribution in [-0.4, -0.2) is 81.4 Å². The third kappa shape index (κ3) is 6.73. The van der Waals surface area contributed by atoms with Gasteiger partial charge in [-0.25, -0.2) is 9.97 Å². The Morgan fingerprint density at radius 3 is 2.34 bits per heavy atom. The molecule has 232 valence electrons. The molecule has 4 aromatic rings. The fourth-order valence-electron chi connectivity index (χ4n) is 6.36. The Bertz CT molecular complexity index is 1580. The number of likely N-dealkylation sites (tertiary alicyclic amines) is 1. The highest BCUT2D eigenvalue weighted by Gasteiger charge is 2.32. The molecule has 4 heterocycles. The molecule has 2 aliphatic heterocycles. The summed E-state index contributed by atoms with van der Waals surface area (Å²) in [4.78, 5) is 32.1. The van der Waals surface area contributed by atoms with Crippen LogP contribution in [0.5, 0.6) is 5.88 Å². The van der Waals surface area contributed by atoms with Gasteiger partial charge < -0.3 is 14.6 Å². The van der Waals surface area contributed by atoms with Crippen molar-refractivity contribution in [2.24, 2.45) is 0 Å². The molecule has 8 nitrogen and oxygen atoms in total. The fraction of sp³-hybridized carbons (Fsp3) is 0.424. The number of pyridine rings is 1. The number of ether oxygens (including phenoxy) is 1. The average molecular weight is 607 g/mol. The molecule has 1 amide bonds. The number of carbonyl (C=O) groups is 1. The number of H-pyrrole nitrogens is 1. The molecule has 11 heteroatoms. The molecular weight excluding hydrogens is 569 g/mol. The van der Waals surface area contributed by atoms with Crippen molar-refractivity contribution < 1.29 is 22.7 Å². The van der Waals surface area contributed by atoms with Gasteiger partial charge in [-0.2, -0.15) is 13.2 Å². The number of imidazole rings is 1. The zero-order valence-corrected chi connectivity index (χ0v) is 25.0. The van der Waals surface area contributed by atoms with Gasteiger partial charge in [-0.1, -0.05) is 24.3 Å². The first kappa shape index (κ1) is 30.1. The van der Waals surface area contributed by atoms with Gasteiger partial charge in [-0.3, -0.25) is 14.6 Å². The van der Waals surface area contributed by atoms with Crippen LogP contribution in [0.1, 0.15) is 58.6 Å². The second-order valence-electron chi connectivity index (χ2n) is 11.9. The zero-order chi connectivity index (χ0) is 30.8. The molecule has 2 saturated heterocycles. The number of fused-ring (bicyclic) bond motifs is 1. The third-order valence-corrected chi connectivity index (χ3v) is 8.84. The second kappa shape index (κ2) is 12.6. The molecule has 44 heavy (non-hydrogen) atoms.